The molecule has 0 radical (unpaired) electrons. The number of likely N-dealkylation sites (N-methyl/N-ethyl adjacent to an activating group) is 1. The topological polar surface area (TPSA) is 145 Å². The number of benzene rings is 3. The van der Waals surface area contributed by atoms with E-state index in [-0.39, 0.29) is 35.8 Å². The van der Waals surface area contributed by atoms with Gasteiger partial charge in [0.15, 0.2) is 0 Å². The molecule has 0 bridgehead atoms. The first-order valence-electron chi connectivity index (χ1n) is 16.8. The molecule has 2 amide bonds. The summed E-state index contributed by atoms with van der Waals surface area (Å²) in [5.74, 6) is -0.467. The Morgan fingerprint density at radius 2 is 1.29 bits per heavy atom. The van der Waals surface area contributed by atoms with E-state index in [0.717, 1.165) is 29.8 Å². The lowest BCUT2D eigenvalue weighted by molar-refractivity contribution is 0.0162. The number of nitrogens with one attached hydrogen (secondary N) is 3. The van der Waals surface area contributed by atoms with Crippen LogP contribution in [0.15, 0.2) is 65.6 Å². The highest BCUT2D eigenvalue weighted by atomic mass is 35.5. The van der Waals surface area contributed by atoms with Gasteiger partial charge in [0.25, 0.3) is 11.8 Å². The zero-order chi connectivity index (χ0) is 36.6. The minimum absolute atomic E-state index is 0.0179. The third-order valence-corrected chi connectivity index (χ3v) is 10.1. The molecule has 278 valence electrons. The summed E-state index contributed by atoms with van der Waals surface area (Å²) >= 11 is 12.8. The van der Waals surface area contributed by atoms with Crippen molar-refractivity contribution in [2.24, 2.45) is 0 Å². The molecule has 1 unspecified atom stereocenters. The van der Waals surface area contributed by atoms with Crippen molar-refractivity contribution in [2.45, 2.75) is 24.3 Å². The van der Waals surface area contributed by atoms with Gasteiger partial charge in [-0.2, -0.15) is 0 Å². The van der Waals surface area contributed by atoms with E-state index in [1.54, 1.807) is 42.5 Å². The maximum absolute atomic E-state index is 12.8. The molecule has 3 N–H and O–H groups in total. The van der Waals surface area contributed by atoms with Crippen LogP contribution in [0.5, 0.6) is 0 Å². The highest BCUT2D eigenvalue weighted by Gasteiger charge is 2.27. The van der Waals surface area contributed by atoms with Gasteiger partial charge in [-0.1, -0.05) is 35.3 Å². The van der Waals surface area contributed by atoms with Crippen LogP contribution in [0.3, 0.4) is 0 Å². The number of halogens is 2. The zero-order valence-electron chi connectivity index (χ0n) is 28.9. The van der Waals surface area contributed by atoms with Crippen molar-refractivity contribution in [3.8, 4) is 0 Å². The number of amides is 2. The minimum Gasteiger partial charge on any atom is -0.380 e. The van der Waals surface area contributed by atoms with Crippen molar-refractivity contribution in [1.82, 2.24) is 20.3 Å². The Balaban J connectivity index is 1.03. The molecule has 0 fully saturated rings. The number of carbonyl (C=O) groups excluding carboxylic acids is 2. The number of rotatable bonds is 21. The second kappa shape index (κ2) is 20.8. The molecular formula is C36H46Cl2N4O8S. The maximum Gasteiger partial charge on any atom is 0.251 e. The van der Waals surface area contributed by atoms with Gasteiger partial charge in [0.1, 0.15) is 0 Å². The van der Waals surface area contributed by atoms with Crippen LogP contribution in [-0.2, 0) is 35.5 Å². The van der Waals surface area contributed by atoms with E-state index >= 15 is 0 Å². The number of fused-ring (bicyclic) bond motifs is 1. The molecule has 1 aliphatic heterocycles. The van der Waals surface area contributed by atoms with E-state index in [9.17, 15) is 18.0 Å². The molecular weight excluding hydrogens is 719 g/mol. The Hall–Kier alpha value is -3.11. The fraction of sp³-hybridized carbons (Fsp3) is 0.444. The molecule has 1 aliphatic rings. The second-order valence-electron chi connectivity index (χ2n) is 11.8. The van der Waals surface area contributed by atoms with Crippen LogP contribution in [0.2, 0.25) is 10.0 Å². The lowest BCUT2D eigenvalue weighted by atomic mass is 9.85. The van der Waals surface area contributed by atoms with Gasteiger partial charge in [0.05, 0.1) is 51.1 Å². The first-order valence-corrected chi connectivity index (χ1v) is 19.1. The van der Waals surface area contributed by atoms with E-state index in [0.29, 0.717) is 80.5 Å². The molecule has 51 heavy (non-hydrogen) atoms. The summed E-state index contributed by atoms with van der Waals surface area (Å²) in [6.45, 7) is 7.07. The molecule has 15 heteroatoms. The summed E-state index contributed by atoms with van der Waals surface area (Å²) in [5, 5.41) is 6.74. The largest absolute Gasteiger partial charge is 0.380 e. The summed E-state index contributed by atoms with van der Waals surface area (Å²) in [6, 6.07) is 17.0. The molecule has 0 saturated heterocycles. The minimum atomic E-state index is -3.71. The van der Waals surface area contributed by atoms with Gasteiger partial charge in [-0.05, 0) is 79.2 Å². The van der Waals surface area contributed by atoms with E-state index in [2.05, 4.69) is 20.3 Å². The van der Waals surface area contributed by atoms with Gasteiger partial charge in [-0.3, -0.25) is 9.59 Å². The molecule has 1 heterocycles. The molecule has 0 saturated carbocycles. The summed E-state index contributed by atoms with van der Waals surface area (Å²) in [4.78, 5) is 26.8. The van der Waals surface area contributed by atoms with Crippen LogP contribution >= 0.6 is 23.2 Å². The van der Waals surface area contributed by atoms with E-state index in [4.69, 9.17) is 42.1 Å². The molecule has 12 nitrogen and oxygen atoms in total. The molecule has 3 aromatic rings. The maximum atomic E-state index is 12.8. The van der Waals surface area contributed by atoms with Crippen LogP contribution < -0.4 is 15.4 Å². The Kier molecular flexibility index (Phi) is 16.6. The number of hydrogen-bond donors (Lipinski definition) is 3. The molecule has 3 aromatic carbocycles. The quantitative estimate of drug-likeness (QED) is 0.137. The van der Waals surface area contributed by atoms with Gasteiger partial charge < -0.3 is 34.5 Å². The van der Waals surface area contributed by atoms with E-state index in [1.807, 2.05) is 32.2 Å². The van der Waals surface area contributed by atoms with Crippen LogP contribution in [0.1, 0.15) is 50.2 Å². The normalized spacial score (nSPS) is 14.6. The van der Waals surface area contributed by atoms with Crippen molar-refractivity contribution < 1.29 is 37.0 Å². The first kappa shape index (κ1) is 40.7. The first-order chi connectivity index (χ1) is 24.6. The standard InChI is InChI=1S/C36H46Cl2N4O8S/c1-3-47-15-12-39-35(43)27-4-6-28(7-5-27)36(44)40-13-16-48-18-20-50-21-19-49-17-14-41-51(45,46)30-10-8-26(9-11-30)32-24-42(2)25-33-31(32)22-29(37)23-34(33)38/h4-11,22-23,32,41H,3,12-21,24-25H2,1-2H3,(H,39,43)(H,40,44). The van der Waals surface area contributed by atoms with Crippen LogP contribution in [0, 0.1) is 0 Å². The van der Waals surface area contributed by atoms with Gasteiger partial charge in [-0.25, -0.2) is 13.1 Å². The number of hydrogen-bond acceptors (Lipinski definition) is 9. The second-order valence-corrected chi connectivity index (χ2v) is 14.4. The Morgan fingerprint density at radius 3 is 1.86 bits per heavy atom. The van der Waals surface area contributed by atoms with E-state index < -0.39 is 10.0 Å². The molecule has 0 spiro atoms. The smallest absolute Gasteiger partial charge is 0.251 e. The Morgan fingerprint density at radius 1 is 0.765 bits per heavy atom. The lowest BCUT2D eigenvalue weighted by Gasteiger charge is -2.33. The van der Waals surface area contributed by atoms with E-state index in [1.165, 1.54) is 0 Å². The summed E-state index contributed by atoms with van der Waals surface area (Å²) in [6.07, 6.45) is 0. The van der Waals surface area contributed by atoms with Crippen molar-refractivity contribution in [3.05, 3.63) is 98.5 Å². The molecule has 1 atom stereocenters. The summed E-state index contributed by atoms with van der Waals surface area (Å²) < 4.78 is 49.9. The predicted molar refractivity (Wildman–Crippen MR) is 196 cm³/mol. The predicted octanol–water partition coefficient (Wildman–Crippen LogP) is 4.10. The van der Waals surface area contributed by atoms with Crippen molar-refractivity contribution in [2.75, 3.05) is 86.1 Å². The van der Waals surface area contributed by atoms with Crippen molar-refractivity contribution >= 4 is 45.0 Å². The highest BCUT2D eigenvalue weighted by molar-refractivity contribution is 7.89. The van der Waals surface area contributed by atoms with Crippen molar-refractivity contribution in [1.29, 1.82) is 0 Å². The number of sulfonamides is 1. The third kappa shape index (κ3) is 12.8. The van der Waals surface area contributed by atoms with Gasteiger partial charge in [0.2, 0.25) is 10.0 Å². The number of ether oxygens (including phenoxy) is 4. The molecule has 0 aromatic heterocycles. The Labute approximate surface area is 310 Å². The zero-order valence-corrected chi connectivity index (χ0v) is 31.2. The fourth-order valence-corrected chi connectivity index (χ4v) is 7.06. The summed E-state index contributed by atoms with van der Waals surface area (Å²) in [5.41, 5.74) is 3.99. The number of nitrogens with zero attached hydrogens (tertiary/aromatic N) is 1. The fourth-order valence-electron chi connectivity index (χ4n) is 5.48. The molecule has 4 rings (SSSR count). The third-order valence-electron chi connectivity index (χ3n) is 8.05. The summed E-state index contributed by atoms with van der Waals surface area (Å²) in [7, 11) is -1.68. The highest BCUT2D eigenvalue weighted by Crippen LogP contribution is 2.38. The van der Waals surface area contributed by atoms with Gasteiger partial charge in [0, 0.05) is 66.4 Å². The van der Waals surface area contributed by atoms with Crippen LogP contribution in [-0.4, -0.2) is 111 Å². The van der Waals surface area contributed by atoms with Crippen molar-refractivity contribution in [3.63, 3.8) is 0 Å². The lowest BCUT2D eigenvalue weighted by Crippen LogP contribution is -2.31. The van der Waals surface area contributed by atoms with Crippen LogP contribution in [0.25, 0.3) is 0 Å². The van der Waals surface area contributed by atoms with Crippen LogP contribution in [0.4, 0.5) is 0 Å². The average molecular weight is 766 g/mol. The molecule has 0 aliphatic carbocycles. The van der Waals surface area contributed by atoms with Gasteiger partial charge >= 0.3 is 0 Å². The average Bonchev–Trinajstić information content (AvgIpc) is 3.12. The Bertz CT molecular complexity index is 1680. The monoisotopic (exact) mass is 764 g/mol. The van der Waals surface area contributed by atoms with Gasteiger partial charge in [-0.15, -0.1) is 0 Å². The number of carbonyl (C=O) groups is 2. The SMILES string of the molecule is CCOCCNC(=O)c1ccc(C(=O)NCCOCCOCCOCCNS(=O)(=O)c2ccc(C3CN(C)Cc4c(Cl)cc(Cl)cc43)cc2)cc1.